The van der Waals surface area contributed by atoms with Gasteiger partial charge in [0.1, 0.15) is 0 Å². The molecule has 1 aromatic carbocycles. The van der Waals surface area contributed by atoms with Crippen LogP contribution in [-0.2, 0) is 0 Å². The van der Waals surface area contributed by atoms with Gasteiger partial charge >= 0.3 is 0 Å². The van der Waals surface area contributed by atoms with Crippen LogP contribution in [0.3, 0.4) is 0 Å². The van der Waals surface area contributed by atoms with E-state index in [2.05, 4.69) is 0 Å². The van der Waals surface area contributed by atoms with E-state index in [1.165, 1.54) is 17.8 Å². The van der Waals surface area contributed by atoms with Crippen LogP contribution in [0.15, 0.2) is 23.1 Å². The number of halogens is 1. The normalized spacial score (nSPS) is 12.5. The van der Waals surface area contributed by atoms with Crippen molar-refractivity contribution in [1.29, 1.82) is 0 Å². The lowest BCUT2D eigenvalue weighted by Gasteiger charge is -2.09. The highest BCUT2D eigenvalue weighted by Gasteiger charge is 2.07. The molecular weight excluding hydrogens is 215 g/mol. The summed E-state index contributed by atoms with van der Waals surface area (Å²) in [6.07, 6.45) is 0. The summed E-state index contributed by atoms with van der Waals surface area (Å²) >= 11 is 1.44. The van der Waals surface area contributed by atoms with E-state index in [0.717, 1.165) is 4.90 Å². The van der Waals surface area contributed by atoms with Crippen LogP contribution in [0.4, 0.5) is 4.39 Å². The summed E-state index contributed by atoms with van der Waals surface area (Å²) in [5.41, 5.74) is 0. The Morgan fingerprint density at radius 3 is 2.80 bits per heavy atom. The quantitative estimate of drug-likeness (QED) is 0.789. The fourth-order valence-electron chi connectivity index (χ4n) is 1.10. The molecule has 0 aliphatic heterocycles. The minimum Gasteiger partial charge on any atom is -0.491 e. The molecule has 1 atom stereocenters. The molecule has 0 saturated heterocycles. The van der Waals surface area contributed by atoms with Crippen molar-refractivity contribution in [2.75, 3.05) is 13.2 Å². The minimum absolute atomic E-state index is 0.0716. The van der Waals surface area contributed by atoms with Crippen LogP contribution in [0.25, 0.3) is 0 Å². The van der Waals surface area contributed by atoms with Gasteiger partial charge in [-0.3, -0.25) is 0 Å². The lowest BCUT2D eigenvalue weighted by molar-refractivity contribution is 0.300. The third-order valence-corrected chi connectivity index (χ3v) is 2.88. The van der Waals surface area contributed by atoms with E-state index in [1.54, 1.807) is 12.1 Å². The number of benzene rings is 1. The first-order valence-corrected chi connectivity index (χ1v) is 5.75. The van der Waals surface area contributed by atoms with E-state index >= 15 is 0 Å². The van der Waals surface area contributed by atoms with Gasteiger partial charge in [-0.05, 0) is 25.1 Å². The van der Waals surface area contributed by atoms with Crippen molar-refractivity contribution in [2.45, 2.75) is 24.0 Å². The summed E-state index contributed by atoms with van der Waals surface area (Å²) in [5.74, 6) is -0.0782. The maximum absolute atomic E-state index is 13.4. The third-order valence-electron chi connectivity index (χ3n) is 1.80. The van der Waals surface area contributed by atoms with Gasteiger partial charge in [0.2, 0.25) is 0 Å². The smallest absolute Gasteiger partial charge is 0.166 e. The molecule has 1 unspecified atom stereocenters. The summed E-state index contributed by atoms with van der Waals surface area (Å²) < 4.78 is 18.5. The summed E-state index contributed by atoms with van der Waals surface area (Å²) in [5, 5.41) is 8.94. The van der Waals surface area contributed by atoms with Gasteiger partial charge in [0.05, 0.1) is 13.2 Å². The number of hydrogen-bond acceptors (Lipinski definition) is 3. The predicted octanol–water partition coefficient (Wildman–Crippen LogP) is 2.70. The molecular formula is C11H15FO2S. The molecule has 2 nitrogen and oxygen atoms in total. The molecule has 0 heterocycles. The zero-order valence-corrected chi connectivity index (χ0v) is 9.68. The van der Waals surface area contributed by atoms with Gasteiger partial charge in [-0.25, -0.2) is 4.39 Å². The molecule has 0 aliphatic rings. The topological polar surface area (TPSA) is 29.5 Å². The van der Waals surface area contributed by atoms with Crippen LogP contribution in [0.2, 0.25) is 0 Å². The minimum atomic E-state index is -0.355. The van der Waals surface area contributed by atoms with Gasteiger partial charge < -0.3 is 9.84 Å². The molecule has 84 valence electrons. The first kappa shape index (κ1) is 12.3. The fourth-order valence-corrected chi connectivity index (χ4v) is 1.95. The molecule has 1 aromatic rings. The standard InChI is InChI=1S/C11H15FO2S/c1-3-14-11-5-4-9(6-10(11)12)15-8(2)7-13/h4-6,8,13H,3,7H2,1-2H3. The number of hydrogen-bond donors (Lipinski definition) is 1. The Balaban J connectivity index is 2.73. The van der Waals surface area contributed by atoms with Gasteiger partial charge in [0, 0.05) is 10.1 Å². The highest BCUT2D eigenvalue weighted by molar-refractivity contribution is 8.00. The van der Waals surface area contributed by atoms with Gasteiger partial charge in [-0.1, -0.05) is 6.92 Å². The second-order valence-electron chi connectivity index (χ2n) is 3.14. The van der Waals surface area contributed by atoms with Crippen molar-refractivity contribution >= 4 is 11.8 Å². The molecule has 1 rings (SSSR count). The first-order chi connectivity index (χ1) is 7.17. The average molecular weight is 230 g/mol. The van der Waals surface area contributed by atoms with Crippen LogP contribution >= 0.6 is 11.8 Å². The highest BCUT2D eigenvalue weighted by Crippen LogP contribution is 2.27. The molecule has 15 heavy (non-hydrogen) atoms. The molecule has 0 spiro atoms. The van der Waals surface area contributed by atoms with Gasteiger partial charge in [0.25, 0.3) is 0 Å². The van der Waals surface area contributed by atoms with Crippen LogP contribution in [-0.4, -0.2) is 23.6 Å². The molecule has 0 bridgehead atoms. The van der Waals surface area contributed by atoms with Crippen molar-refractivity contribution in [3.8, 4) is 5.75 Å². The second kappa shape index (κ2) is 5.98. The van der Waals surface area contributed by atoms with E-state index in [4.69, 9.17) is 9.84 Å². The van der Waals surface area contributed by atoms with E-state index in [1.807, 2.05) is 13.8 Å². The van der Waals surface area contributed by atoms with Crippen LogP contribution in [0.5, 0.6) is 5.75 Å². The maximum Gasteiger partial charge on any atom is 0.166 e. The summed E-state index contributed by atoms with van der Waals surface area (Å²) in [6.45, 7) is 4.24. The van der Waals surface area contributed by atoms with E-state index in [0.29, 0.717) is 6.61 Å². The van der Waals surface area contributed by atoms with Gasteiger partial charge in [-0.15, -0.1) is 11.8 Å². The predicted molar refractivity (Wildman–Crippen MR) is 60.0 cm³/mol. The number of ether oxygens (including phenoxy) is 1. The van der Waals surface area contributed by atoms with Crippen LogP contribution < -0.4 is 4.74 Å². The lowest BCUT2D eigenvalue weighted by Crippen LogP contribution is -2.01. The van der Waals surface area contributed by atoms with Crippen molar-refractivity contribution in [1.82, 2.24) is 0 Å². The molecule has 0 saturated carbocycles. The zero-order chi connectivity index (χ0) is 11.3. The largest absolute Gasteiger partial charge is 0.491 e. The van der Waals surface area contributed by atoms with Gasteiger partial charge in [-0.2, -0.15) is 0 Å². The summed E-state index contributed by atoms with van der Waals surface area (Å²) in [7, 11) is 0. The molecule has 4 heteroatoms. The Kier molecular flexibility index (Phi) is 4.91. The fraction of sp³-hybridized carbons (Fsp3) is 0.455. The molecule has 0 amide bonds. The Labute approximate surface area is 93.5 Å². The Morgan fingerprint density at radius 2 is 2.27 bits per heavy atom. The molecule has 0 aliphatic carbocycles. The van der Waals surface area contributed by atoms with Crippen molar-refractivity contribution in [2.24, 2.45) is 0 Å². The van der Waals surface area contributed by atoms with Crippen LogP contribution in [0, 0.1) is 5.82 Å². The summed E-state index contributed by atoms with van der Waals surface area (Å²) in [6, 6.07) is 4.85. The highest BCUT2D eigenvalue weighted by atomic mass is 32.2. The Morgan fingerprint density at radius 1 is 1.53 bits per heavy atom. The van der Waals surface area contributed by atoms with Crippen molar-refractivity contribution in [3.63, 3.8) is 0 Å². The van der Waals surface area contributed by atoms with Crippen molar-refractivity contribution < 1.29 is 14.2 Å². The molecule has 0 fully saturated rings. The van der Waals surface area contributed by atoms with Gasteiger partial charge in [0.15, 0.2) is 11.6 Å². The Hall–Kier alpha value is -0.740. The molecule has 0 radical (unpaired) electrons. The number of thioether (sulfide) groups is 1. The first-order valence-electron chi connectivity index (χ1n) is 4.87. The molecule has 0 aromatic heterocycles. The lowest BCUT2D eigenvalue weighted by atomic mass is 10.3. The van der Waals surface area contributed by atoms with E-state index in [9.17, 15) is 4.39 Å². The van der Waals surface area contributed by atoms with E-state index < -0.39 is 0 Å². The number of aliphatic hydroxyl groups excluding tert-OH is 1. The number of rotatable bonds is 5. The zero-order valence-electron chi connectivity index (χ0n) is 8.87. The second-order valence-corrected chi connectivity index (χ2v) is 4.65. The molecule has 1 N–H and O–H groups in total. The monoisotopic (exact) mass is 230 g/mol. The maximum atomic E-state index is 13.4. The SMILES string of the molecule is CCOc1ccc(SC(C)CO)cc1F. The Bertz CT molecular complexity index is 317. The third kappa shape index (κ3) is 3.72. The average Bonchev–Trinajstić information content (AvgIpc) is 2.22. The van der Waals surface area contributed by atoms with E-state index in [-0.39, 0.29) is 23.4 Å². The van der Waals surface area contributed by atoms with Crippen molar-refractivity contribution in [3.05, 3.63) is 24.0 Å². The van der Waals surface area contributed by atoms with Crippen LogP contribution in [0.1, 0.15) is 13.8 Å². The number of aliphatic hydroxyl groups is 1. The summed E-state index contributed by atoms with van der Waals surface area (Å²) in [4.78, 5) is 0.803.